The number of benzene rings is 2. The van der Waals surface area contributed by atoms with E-state index < -0.39 is 0 Å². The number of unbranched alkanes of at least 4 members (excludes halogenated alkanes) is 2. The highest BCUT2D eigenvalue weighted by atomic mass is 16.5. The summed E-state index contributed by atoms with van der Waals surface area (Å²) in [6.45, 7) is 5.20. The number of pyridine rings is 1. The summed E-state index contributed by atoms with van der Waals surface area (Å²) in [5.74, 6) is 0.680. The van der Waals surface area contributed by atoms with Gasteiger partial charge in [-0.3, -0.25) is 9.78 Å². The highest BCUT2D eigenvalue weighted by Crippen LogP contribution is 2.25. The second kappa shape index (κ2) is 13.4. The van der Waals surface area contributed by atoms with E-state index in [-0.39, 0.29) is 5.97 Å². The minimum absolute atomic E-state index is 0.122. The van der Waals surface area contributed by atoms with Crippen LogP contribution in [0.3, 0.4) is 0 Å². The number of hydrogen-bond acceptors (Lipinski definition) is 4. The molecule has 0 amide bonds. The quantitative estimate of drug-likeness (QED) is 0.205. The molecule has 0 spiro atoms. The number of rotatable bonds is 13. The molecular formula is C29H35NO3. The normalized spacial score (nSPS) is 10.7. The summed E-state index contributed by atoms with van der Waals surface area (Å²) in [7, 11) is 0. The number of nitrogens with zero attached hydrogens (tertiary/aromatic N) is 1. The third kappa shape index (κ3) is 8.05. The minimum Gasteiger partial charge on any atom is -0.493 e. The number of carbonyl (C=O) groups excluding carboxylic acids is 1. The number of esters is 1. The molecule has 0 saturated carbocycles. The number of aryl methyl sites for hydroxylation is 1. The number of aromatic nitrogens is 1. The third-order valence-electron chi connectivity index (χ3n) is 5.57. The van der Waals surface area contributed by atoms with E-state index in [1.807, 2.05) is 30.5 Å². The molecule has 4 nitrogen and oxygen atoms in total. The van der Waals surface area contributed by atoms with Gasteiger partial charge in [-0.1, -0.05) is 57.0 Å². The van der Waals surface area contributed by atoms with Gasteiger partial charge in [0.05, 0.1) is 18.9 Å². The van der Waals surface area contributed by atoms with Crippen molar-refractivity contribution in [1.82, 2.24) is 4.98 Å². The molecule has 1 aromatic heterocycles. The van der Waals surface area contributed by atoms with Gasteiger partial charge in [-0.25, -0.2) is 0 Å². The molecule has 1 heterocycles. The maximum Gasteiger partial charge on any atom is 0.305 e. The lowest BCUT2D eigenvalue weighted by atomic mass is 10.0. The minimum atomic E-state index is -0.122. The molecular weight excluding hydrogens is 410 g/mol. The van der Waals surface area contributed by atoms with Crippen molar-refractivity contribution in [2.75, 3.05) is 13.2 Å². The zero-order valence-corrected chi connectivity index (χ0v) is 19.9. The van der Waals surface area contributed by atoms with Gasteiger partial charge >= 0.3 is 5.97 Å². The van der Waals surface area contributed by atoms with Gasteiger partial charge in [-0.15, -0.1) is 0 Å². The summed E-state index contributed by atoms with van der Waals surface area (Å²) in [6.07, 6.45) is 8.58. The molecule has 2 aromatic carbocycles. The molecule has 0 atom stereocenters. The maximum atomic E-state index is 11.5. The average Bonchev–Trinajstić information content (AvgIpc) is 2.87. The Labute approximate surface area is 198 Å². The van der Waals surface area contributed by atoms with Crippen LogP contribution in [0.1, 0.15) is 57.9 Å². The topological polar surface area (TPSA) is 48.4 Å². The van der Waals surface area contributed by atoms with Gasteiger partial charge in [0.25, 0.3) is 0 Å². The summed E-state index contributed by atoms with van der Waals surface area (Å²) in [5, 5.41) is 0. The van der Waals surface area contributed by atoms with E-state index in [9.17, 15) is 4.79 Å². The predicted octanol–water partition coefficient (Wildman–Crippen LogP) is 7.26. The molecule has 0 aliphatic rings. The summed E-state index contributed by atoms with van der Waals surface area (Å²) in [5.41, 5.74) is 5.68. The fourth-order valence-corrected chi connectivity index (χ4v) is 3.53. The van der Waals surface area contributed by atoms with Crippen molar-refractivity contribution in [3.05, 3.63) is 72.4 Å². The SMILES string of the molecule is CCCCC(=O)OCCCOc1ccc(-c2ccc(-c3ccc(CCCC)cc3)cn2)cc1. The van der Waals surface area contributed by atoms with Crippen LogP contribution in [0.5, 0.6) is 5.75 Å². The van der Waals surface area contributed by atoms with Crippen molar-refractivity contribution in [2.45, 2.75) is 58.8 Å². The van der Waals surface area contributed by atoms with Crippen molar-refractivity contribution in [1.29, 1.82) is 0 Å². The molecule has 0 fully saturated rings. The number of ether oxygens (including phenoxy) is 2. The monoisotopic (exact) mass is 445 g/mol. The first kappa shape index (κ1) is 24.5. The van der Waals surface area contributed by atoms with E-state index in [4.69, 9.17) is 9.47 Å². The Balaban J connectivity index is 1.47. The molecule has 174 valence electrons. The van der Waals surface area contributed by atoms with Gasteiger partial charge < -0.3 is 9.47 Å². The van der Waals surface area contributed by atoms with Gasteiger partial charge in [-0.2, -0.15) is 0 Å². The van der Waals surface area contributed by atoms with Crippen molar-refractivity contribution < 1.29 is 14.3 Å². The average molecular weight is 446 g/mol. The zero-order valence-electron chi connectivity index (χ0n) is 19.9. The fraction of sp³-hybridized carbons (Fsp3) is 0.379. The van der Waals surface area contributed by atoms with E-state index in [0.29, 0.717) is 26.1 Å². The van der Waals surface area contributed by atoms with Crippen LogP contribution >= 0.6 is 0 Å². The first-order chi connectivity index (χ1) is 16.2. The third-order valence-corrected chi connectivity index (χ3v) is 5.57. The van der Waals surface area contributed by atoms with Crippen LogP contribution in [0.4, 0.5) is 0 Å². The molecule has 0 N–H and O–H groups in total. The zero-order chi connectivity index (χ0) is 23.3. The molecule has 3 aromatic rings. The van der Waals surface area contributed by atoms with Crippen LogP contribution in [0, 0.1) is 0 Å². The molecule has 0 aliphatic carbocycles. The van der Waals surface area contributed by atoms with E-state index in [0.717, 1.165) is 41.8 Å². The second-order valence-electron chi connectivity index (χ2n) is 8.28. The predicted molar refractivity (Wildman–Crippen MR) is 134 cm³/mol. The molecule has 4 heteroatoms. The van der Waals surface area contributed by atoms with Gasteiger partial charge in [0.15, 0.2) is 0 Å². The first-order valence-electron chi connectivity index (χ1n) is 12.1. The number of carbonyl (C=O) groups is 1. The van der Waals surface area contributed by atoms with Crippen molar-refractivity contribution >= 4 is 5.97 Å². The van der Waals surface area contributed by atoms with Crippen LogP contribution in [-0.2, 0) is 16.0 Å². The van der Waals surface area contributed by atoms with Crippen molar-refractivity contribution in [3.8, 4) is 28.1 Å². The van der Waals surface area contributed by atoms with Crippen LogP contribution in [-0.4, -0.2) is 24.2 Å². The lowest BCUT2D eigenvalue weighted by Crippen LogP contribution is -2.08. The van der Waals surface area contributed by atoms with E-state index in [2.05, 4.69) is 55.2 Å². The Hall–Kier alpha value is -3.14. The first-order valence-corrected chi connectivity index (χ1v) is 12.1. The highest BCUT2D eigenvalue weighted by molar-refractivity contribution is 5.69. The van der Waals surface area contributed by atoms with Crippen LogP contribution in [0.25, 0.3) is 22.4 Å². The summed E-state index contributed by atoms with van der Waals surface area (Å²) >= 11 is 0. The lowest BCUT2D eigenvalue weighted by molar-refractivity contribution is -0.144. The van der Waals surface area contributed by atoms with Crippen molar-refractivity contribution in [3.63, 3.8) is 0 Å². The Kier molecular flexibility index (Phi) is 9.96. The van der Waals surface area contributed by atoms with Crippen LogP contribution in [0.15, 0.2) is 66.9 Å². The van der Waals surface area contributed by atoms with Crippen LogP contribution in [0.2, 0.25) is 0 Å². The van der Waals surface area contributed by atoms with E-state index in [1.165, 1.54) is 24.0 Å². The van der Waals surface area contributed by atoms with Gasteiger partial charge in [0, 0.05) is 30.2 Å². The van der Waals surface area contributed by atoms with Gasteiger partial charge in [-0.05, 0) is 60.7 Å². The molecule has 0 aliphatic heterocycles. The second-order valence-corrected chi connectivity index (χ2v) is 8.28. The van der Waals surface area contributed by atoms with Gasteiger partial charge in [0.2, 0.25) is 0 Å². The smallest absolute Gasteiger partial charge is 0.305 e. The van der Waals surface area contributed by atoms with E-state index in [1.54, 1.807) is 0 Å². The van der Waals surface area contributed by atoms with Gasteiger partial charge in [0.1, 0.15) is 5.75 Å². The highest BCUT2D eigenvalue weighted by Gasteiger charge is 2.04. The van der Waals surface area contributed by atoms with Crippen molar-refractivity contribution in [2.24, 2.45) is 0 Å². The number of hydrogen-bond donors (Lipinski definition) is 0. The molecule has 3 rings (SSSR count). The molecule has 0 unspecified atom stereocenters. The van der Waals surface area contributed by atoms with Crippen LogP contribution < -0.4 is 4.74 Å². The maximum absolute atomic E-state index is 11.5. The fourth-order valence-electron chi connectivity index (χ4n) is 3.53. The largest absolute Gasteiger partial charge is 0.493 e. The molecule has 0 radical (unpaired) electrons. The molecule has 0 saturated heterocycles. The summed E-state index contributed by atoms with van der Waals surface area (Å²) in [4.78, 5) is 16.1. The standard InChI is InChI=1S/C29H35NO3/c1-3-5-8-23-10-12-24(13-11-23)26-16-19-28(30-22-26)25-14-17-27(18-15-25)32-20-7-21-33-29(31)9-6-4-2/h10-19,22H,3-9,20-21H2,1-2H3. The Morgan fingerprint density at radius 2 is 1.45 bits per heavy atom. The Morgan fingerprint density at radius 3 is 2.12 bits per heavy atom. The summed E-state index contributed by atoms with van der Waals surface area (Å²) < 4.78 is 11.0. The molecule has 33 heavy (non-hydrogen) atoms. The van der Waals surface area contributed by atoms with E-state index >= 15 is 0 Å². The Morgan fingerprint density at radius 1 is 0.758 bits per heavy atom. The summed E-state index contributed by atoms with van der Waals surface area (Å²) in [6, 6.07) is 20.9. The lowest BCUT2D eigenvalue weighted by Gasteiger charge is -2.09. The Bertz CT molecular complexity index is 963. The molecule has 0 bridgehead atoms.